The fourth-order valence-corrected chi connectivity index (χ4v) is 2.18. The maximum Gasteiger partial charge on any atom is 0.0621 e. The summed E-state index contributed by atoms with van der Waals surface area (Å²) in [6.45, 7) is 2.37. The van der Waals surface area contributed by atoms with Crippen molar-refractivity contribution in [3.05, 3.63) is 12.2 Å². The lowest BCUT2D eigenvalue weighted by Crippen LogP contribution is -2.05. The molecule has 0 atom stereocenters. The van der Waals surface area contributed by atoms with Crippen molar-refractivity contribution < 1.29 is 0 Å². The topological polar surface area (TPSA) is 23.8 Å². The van der Waals surface area contributed by atoms with Gasteiger partial charge in [-0.05, 0) is 37.5 Å². The third-order valence-electron chi connectivity index (χ3n) is 3.18. The molecule has 0 heterocycles. The van der Waals surface area contributed by atoms with Crippen molar-refractivity contribution in [2.75, 3.05) is 0 Å². The Hall–Kier alpha value is -0.770. The molecule has 78 valence electrons. The average molecular weight is 191 g/mol. The highest BCUT2D eigenvalue weighted by Gasteiger charge is 2.24. The van der Waals surface area contributed by atoms with Crippen molar-refractivity contribution >= 4 is 0 Å². The molecule has 0 aromatic heterocycles. The Labute approximate surface area is 87.8 Å². The van der Waals surface area contributed by atoms with Crippen molar-refractivity contribution in [3.63, 3.8) is 0 Å². The van der Waals surface area contributed by atoms with Crippen LogP contribution in [0.15, 0.2) is 12.2 Å². The second-order valence-corrected chi connectivity index (χ2v) is 4.67. The monoisotopic (exact) mass is 191 g/mol. The normalized spacial score (nSPS) is 20.0. The summed E-state index contributed by atoms with van der Waals surface area (Å²) in [7, 11) is 0. The van der Waals surface area contributed by atoms with E-state index in [9.17, 15) is 0 Å². The van der Waals surface area contributed by atoms with Crippen LogP contribution < -0.4 is 0 Å². The van der Waals surface area contributed by atoms with Crippen molar-refractivity contribution in [1.29, 1.82) is 5.26 Å². The summed E-state index contributed by atoms with van der Waals surface area (Å²) in [6, 6.07) is 2.18. The summed E-state index contributed by atoms with van der Waals surface area (Å²) in [5, 5.41) is 8.37. The van der Waals surface area contributed by atoms with Crippen LogP contribution in [0.25, 0.3) is 0 Å². The van der Waals surface area contributed by atoms with Crippen LogP contribution in [0.5, 0.6) is 0 Å². The fraction of sp³-hybridized carbons (Fsp3) is 0.769. The van der Waals surface area contributed by atoms with Gasteiger partial charge >= 0.3 is 0 Å². The minimum absolute atomic E-state index is 0.495. The lowest BCUT2D eigenvalue weighted by molar-refractivity contribution is 0.444. The molecule has 0 bridgehead atoms. The molecule has 1 nitrogen and oxygen atoms in total. The third kappa shape index (κ3) is 3.96. The second-order valence-electron chi connectivity index (χ2n) is 4.67. The first-order valence-corrected chi connectivity index (χ1v) is 5.81. The summed E-state index contributed by atoms with van der Waals surface area (Å²) in [6.07, 6.45) is 14.3. The molecule has 0 aromatic rings. The van der Waals surface area contributed by atoms with E-state index in [2.05, 4.69) is 25.1 Å². The summed E-state index contributed by atoms with van der Waals surface area (Å²) < 4.78 is 0. The molecule has 0 unspecified atom stereocenters. The van der Waals surface area contributed by atoms with E-state index in [4.69, 9.17) is 5.26 Å². The second kappa shape index (κ2) is 5.86. The molecule has 0 radical (unpaired) electrons. The maximum atomic E-state index is 8.37. The minimum atomic E-state index is 0.495. The number of nitrogens with zero attached hydrogens (tertiary/aromatic N) is 1. The van der Waals surface area contributed by atoms with Gasteiger partial charge in [0.1, 0.15) is 0 Å². The molecule has 0 saturated heterocycles. The van der Waals surface area contributed by atoms with Crippen molar-refractivity contribution in [2.45, 2.75) is 58.3 Å². The van der Waals surface area contributed by atoms with E-state index in [1.165, 1.54) is 32.1 Å². The van der Waals surface area contributed by atoms with Crippen molar-refractivity contribution in [1.82, 2.24) is 0 Å². The Kier molecular flexibility index (Phi) is 4.73. The van der Waals surface area contributed by atoms with Gasteiger partial charge in [0.2, 0.25) is 0 Å². The molecule has 0 aliphatic heterocycles. The number of hydrogen-bond acceptors (Lipinski definition) is 1. The van der Waals surface area contributed by atoms with Gasteiger partial charge in [0.05, 0.1) is 6.07 Å². The van der Waals surface area contributed by atoms with Gasteiger partial charge in [-0.3, -0.25) is 0 Å². The van der Waals surface area contributed by atoms with E-state index >= 15 is 0 Å². The fourth-order valence-electron chi connectivity index (χ4n) is 2.18. The lowest BCUT2D eigenvalue weighted by Gasteiger charge is -2.17. The van der Waals surface area contributed by atoms with Crippen LogP contribution in [0.2, 0.25) is 0 Å². The molecule has 1 aliphatic rings. The Morgan fingerprint density at radius 2 is 2.00 bits per heavy atom. The molecule has 0 aromatic carbocycles. The standard InChI is InChI=1S/C13H21N/c1-13(10-6-7-11-13)9-5-3-2-4-8-12-14/h5,9H,2-4,6-8,10-11H2,1H3. The summed E-state index contributed by atoms with van der Waals surface area (Å²) in [4.78, 5) is 0. The van der Waals surface area contributed by atoms with E-state index < -0.39 is 0 Å². The first kappa shape index (κ1) is 11.3. The Morgan fingerprint density at radius 1 is 1.29 bits per heavy atom. The molecular weight excluding hydrogens is 170 g/mol. The van der Waals surface area contributed by atoms with Gasteiger partial charge in [-0.2, -0.15) is 5.26 Å². The number of allylic oxidation sites excluding steroid dienone is 2. The molecule has 1 saturated carbocycles. The van der Waals surface area contributed by atoms with Crippen LogP contribution in [0, 0.1) is 16.7 Å². The zero-order chi connectivity index (χ0) is 10.3. The van der Waals surface area contributed by atoms with Crippen LogP contribution in [-0.4, -0.2) is 0 Å². The maximum absolute atomic E-state index is 8.37. The first-order valence-electron chi connectivity index (χ1n) is 5.81. The Morgan fingerprint density at radius 3 is 2.64 bits per heavy atom. The lowest BCUT2D eigenvalue weighted by atomic mass is 9.88. The Bertz CT molecular complexity index is 216. The van der Waals surface area contributed by atoms with Crippen LogP contribution in [0.1, 0.15) is 58.3 Å². The highest BCUT2D eigenvalue weighted by Crippen LogP contribution is 2.38. The van der Waals surface area contributed by atoms with Gasteiger partial charge in [0.25, 0.3) is 0 Å². The molecule has 1 rings (SSSR count). The first-order chi connectivity index (χ1) is 6.77. The zero-order valence-corrected chi connectivity index (χ0v) is 9.26. The van der Waals surface area contributed by atoms with Crippen molar-refractivity contribution in [3.8, 4) is 6.07 Å². The number of unbranched alkanes of at least 4 members (excludes halogenated alkanes) is 3. The molecule has 1 heteroatoms. The summed E-state index contributed by atoms with van der Waals surface area (Å²) in [5.74, 6) is 0. The van der Waals surface area contributed by atoms with Gasteiger partial charge in [-0.25, -0.2) is 0 Å². The highest BCUT2D eigenvalue weighted by molar-refractivity contribution is 4.99. The van der Waals surface area contributed by atoms with E-state index in [0.717, 1.165) is 12.8 Å². The SMILES string of the molecule is CC1(C=CCCCCC#N)CCCC1. The van der Waals surface area contributed by atoms with Gasteiger partial charge in [-0.1, -0.05) is 31.9 Å². The number of nitriles is 1. The number of rotatable bonds is 5. The van der Waals surface area contributed by atoms with Crippen LogP contribution in [0.3, 0.4) is 0 Å². The van der Waals surface area contributed by atoms with Gasteiger partial charge in [0.15, 0.2) is 0 Å². The van der Waals surface area contributed by atoms with Gasteiger partial charge < -0.3 is 0 Å². The van der Waals surface area contributed by atoms with Gasteiger partial charge in [-0.15, -0.1) is 0 Å². The van der Waals surface area contributed by atoms with Crippen LogP contribution in [0.4, 0.5) is 0 Å². The van der Waals surface area contributed by atoms with Crippen LogP contribution >= 0.6 is 0 Å². The minimum Gasteiger partial charge on any atom is -0.198 e. The predicted octanol–water partition coefficient (Wildman–Crippen LogP) is 4.21. The van der Waals surface area contributed by atoms with E-state index in [1.54, 1.807) is 0 Å². The predicted molar refractivity (Wildman–Crippen MR) is 59.8 cm³/mol. The zero-order valence-electron chi connectivity index (χ0n) is 9.26. The smallest absolute Gasteiger partial charge is 0.0621 e. The van der Waals surface area contributed by atoms with E-state index in [0.29, 0.717) is 11.8 Å². The third-order valence-corrected chi connectivity index (χ3v) is 3.18. The molecule has 1 aliphatic carbocycles. The average Bonchev–Trinajstić information content (AvgIpc) is 2.59. The molecule has 0 spiro atoms. The quantitative estimate of drug-likeness (QED) is 0.472. The van der Waals surface area contributed by atoms with Crippen molar-refractivity contribution in [2.24, 2.45) is 5.41 Å². The summed E-state index contributed by atoms with van der Waals surface area (Å²) in [5.41, 5.74) is 0.495. The summed E-state index contributed by atoms with van der Waals surface area (Å²) >= 11 is 0. The Balaban J connectivity index is 2.11. The largest absolute Gasteiger partial charge is 0.198 e. The van der Waals surface area contributed by atoms with E-state index in [1.807, 2.05) is 0 Å². The molecule has 0 N–H and O–H groups in total. The number of hydrogen-bond donors (Lipinski definition) is 0. The van der Waals surface area contributed by atoms with Gasteiger partial charge in [0, 0.05) is 6.42 Å². The van der Waals surface area contributed by atoms with E-state index in [-0.39, 0.29) is 0 Å². The molecular formula is C13H21N. The molecule has 1 fully saturated rings. The van der Waals surface area contributed by atoms with Crippen LogP contribution in [-0.2, 0) is 0 Å². The highest BCUT2D eigenvalue weighted by atomic mass is 14.3. The molecule has 14 heavy (non-hydrogen) atoms. The molecule has 0 amide bonds.